The Kier molecular flexibility index (Phi) is 4.87. The fourth-order valence-corrected chi connectivity index (χ4v) is 4.55. The van der Waals surface area contributed by atoms with Crippen LogP contribution in [0.5, 0.6) is 0 Å². The van der Waals surface area contributed by atoms with Crippen molar-refractivity contribution in [3.05, 3.63) is 100 Å². The summed E-state index contributed by atoms with van der Waals surface area (Å²) in [6, 6.07) is 22.7. The summed E-state index contributed by atoms with van der Waals surface area (Å²) in [7, 11) is 0. The molecule has 2 amide bonds. The molecule has 0 saturated carbocycles. The zero-order chi connectivity index (χ0) is 21.5. The number of para-hydroxylation sites is 1. The van der Waals surface area contributed by atoms with E-state index in [1.54, 1.807) is 24.3 Å². The Bertz CT molecular complexity index is 1230. The minimum absolute atomic E-state index is 0.320. The van der Waals surface area contributed by atoms with Crippen LogP contribution in [0.1, 0.15) is 23.1 Å². The molecule has 2 heterocycles. The van der Waals surface area contributed by atoms with E-state index in [-0.39, 0.29) is 11.8 Å². The number of benzene rings is 3. The predicted octanol–water partition coefficient (Wildman–Crippen LogP) is 5.39. The van der Waals surface area contributed by atoms with Gasteiger partial charge in [0.15, 0.2) is 0 Å². The highest BCUT2D eigenvalue weighted by atomic mass is 35.5. The Morgan fingerprint density at radius 1 is 0.871 bits per heavy atom. The summed E-state index contributed by atoms with van der Waals surface area (Å²) in [5.74, 6) is -0.645. The van der Waals surface area contributed by atoms with E-state index in [4.69, 9.17) is 11.6 Å². The molecular formula is C26H21ClN2O2. The number of nitrogens with zero attached hydrogens (tertiary/aromatic N) is 2. The first-order valence-electron chi connectivity index (χ1n) is 10.4. The summed E-state index contributed by atoms with van der Waals surface area (Å²) in [5.41, 5.74) is 5.35. The van der Waals surface area contributed by atoms with Gasteiger partial charge in [0.05, 0.1) is 11.3 Å². The van der Waals surface area contributed by atoms with E-state index in [1.165, 1.54) is 10.5 Å². The fourth-order valence-electron chi connectivity index (χ4n) is 4.36. The van der Waals surface area contributed by atoms with E-state index in [9.17, 15) is 9.59 Å². The van der Waals surface area contributed by atoms with Gasteiger partial charge in [-0.15, -0.1) is 0 Å². The van der Waals surface area contributed by atoms with Crippen molar-refractivity contribution in [2.75, 3.05) is 16.3 Å². The molecule has 5 heteroatoms. The number of hydrogen-bond donors (Lipinski definition) is 0. The lowest BCUT2D eigenvalue weighted by atomic mass is 9.98. The van der Waals surface area contributed by atoms with Crippen LogP contribution in [0.15, 0.2) is 78.5 Å². The molecule has 154 valence electrons. The molecule has 3 aromatic carbocycles. The highest BCUT2D eigenvalue weighted by molar-refractivity contribution is 6.46. The summed E-state index contributed by atoms with van der Waals surface area (Å²) in [4.78, 5) is 30.7. The molecule has 2 aliphatic rings. The molecule has 4 nitrogen and oxygen atoms in total. The summed E-state index contributed by atoms with van der Waals surface area (Å²) in [6.07, 6.45) is 1.88. The highest BCUT2D eigenvalue weighted by Crippen LogP contribution is 2.39. The molecule has 0 atom stereocenters. The first-order valence-corrected chi connectivity index (χ1v) is 10.7. The van der Waals surface area contributed by atoms with E-state index >= 15 is 0 Å². The Morgan fingerprint density at radius 2 is 1.65 bits per heavy atom. The van der Waals surface area contributed by atoms with Crippen LogP contribution < -0.4 is 9.80 Å². The molecule has 2 aliphatic heterocycles. The number of imide groups is 1. The Hall–Kier alpha value is -3.37. The SMILES string of the molecule is Cc1ccc(C2=C(N3CCCc4ccccc43)C(=O)N(c3cccc(Cl)c3)C2=O)cc1. The number of hydrogen-bond acceptors (Lipinski definition) is 3. The van der Waals surface area contributed by atoms with Crippen LogP contribution in [0.3, 0.4) is 0 Å². The first-order chi connectivity index (χ1) is 15.0. The van der Waals surface area contributed by atoms with Gasteiger partial charge in [0.2, 0.25) is 0 Å². The van der Waals surface area contributed by atoms with Gasteiger partial charge in [0.1, 0.15) is 5.70 Å². The summed E-state index contributed by atoms with van der Waals surface area (Å²) in [6.45, 7) is 2.68. The number of carbonyl (C=O) groups is 2. The van der Waals surface area contributed by atoms with Gasteiger partial charge in [0, 0.05) is 17.3 Å². The van der Waals surface area contributed by atoms with Crippen molar-refractivity contribution in [1.29, 1.82) is 0 Å². The van der Waals surface area contributed by atoms with Crippen molar-refractivity contribution in [1.82, 2.24) is 0 Å². The minimum atomic E-state index is -0.325. The number of fused-ring (bicyclic) bond motifs is 1. The molecule has 0 bridgehead atoms. The smallest absolute Gasteiger partial charge is 0.282 e. The van der Waals surface area contributed by atoms with Crippen molar-refractivity contribution in [2.45, 2.75) is 19.8 Å². The molecule has 31 heavy (non-hydrogen) atoms. The number of amides is 2. The topological polar surface area (TPSA) is 40.6 Å². The lowest BCUT2D eigenvalue weighted by molar-refractivity contribution is -0.120. The molecular weight excluding hydrogens is 408 g/mol. The average molecular weight is 429 g/mol. The third-order valence-corrected chi connectivity index (χ3v) is 6.08. The van der Waals surface area contributed by atoms with Gasteiger partial charge in [-0.25, -0.2) is 4.90 Å². The Balaban J connectivity index is 1.70. The Labute approximate surface area is 186 Å². The van der Waals surface area contributed by atoms with Gasteiger partial charge < -0.3 is 4.90 Å². The van der Waals surface area contributed by atoms with Crippen LogP contribution in [0.4, 0.5) is 11.4 Å². The first kappa shape index (κ1) is 19.6. The van der Waals surface area contributed by atoms with Crippen LogP contribution in [0, 0.1) is 6.92 Å². The number of rotatable bonds is 3. The monoisotopic (exact) mass is 428 g/mol. The average Bonchev–Trinajstić information content (AvgIpc) is 3.04. The van der Waals surface area contributed by atoms with Gasteiger partial charge in [0.25, 0.3) is 11.8 Å². The van der Waals surface area contributed by atoms with E-state index < -0.39 is 0 Å². The molecule has 0 N–H and O–H groups in total. The second-order valence-corrected chi connectivity index (χ2v) is 8.34. The van der Waals surface area contributed by atoms with Crippen molar-refractivity contribution < 1.29 is 9.59 Å². The van der Waals surface area contributed by atoms with Crippen LogP contribution >= 0.6 is 11.6 Å². The summed E-state index contributed by atoms with van der Waals surface area (Å²) < 4.78 is 0. The van der Waals surface area contributed by atoms with Crippen LogP contribution in [0.2, 0.25) is 5.02 Å². The lowest BCUT2D eigenvalue weighted by Gasteiger charge is -2.32. The van der Waals surface area contributed by atoms with Crippen molar-refractivity contribution >= 4 is 40.4 Å². The molecule has 5 rings (SSSR count). The number of halogens is 1. The molecule has 3 aromatic rings. The maximum Gasteiger partial charge on any atom is 0.282 e. The number of aryl methyl sites for hydroxylation is 2. The third kappa shape index (κ3) is 3.33. The summed E-state index contributed by atoms with van der Waals surface area (Å²) in [5, 5.41) is 0.478. The number of carbonyl (C=O) groups excluding carboxylic acids is 2. The second-order valence-electron chi connectivity index (χ2n) is 7.90. The van der Waals surface area contributed by atoms with Gasteiger partial charge in [-0.3, -0.25) is 9.59 Å². The highest BCUT2D eigenvalue weighted by Gasteiger charge is 2.43. The predicted molar refractivity (Wildman–Crippen MR) is 124 cm³/mol. The molecule has 0 aliphatic carbocycles. The fraction of sp³-hybridized carbons (Fsp3) is 0.154. The number of anilines is 2. The van der Waals surface area contributed by atoms with E-state index in [1.807, 2.05) is 54.3 Å². The van der Waals surface area contributed by atoms with E-state index in [0.29, 0.717) is 28.5 Å². The molecule has 0 spiro atoms. The van der Waals surface area contributed by atoms with E-state index in [2.05, 4.69) is 6.07 Å². The van der Waals surface area contributed by atoms with Gasteiger partial charge >= 0.3 is 0 Å². The minimum Gasteiger partial charge on any atom is -0.336 e. The second kappa shape index (κ2) is 7.71. The molecule has 0 fully saturated rings. The van der Waals surface area contributed by atoms with Crippen LogP contribution in [-0.4, -0.2) is 18.4 Å². The van der Waals surface area contributed by atoms with Crippen molar-refractivity contribution in [2.24, 2.45) is 0 Å². The molecule has 0 unspecified atom stereocenters. The largest absolute Gasteiger partial charge is 0.336 e. The standard InChI is InChI=1S/C26H21ClN2O2/c1-17-11-13-19(14-12-17)23-24(28-15-5-7-18-6-2-3-10-22(18)28)26(31)29(25(23)30)21-9-4-8-20(27)16-21/h2-4,6,8-14,16H,5,7,15H2,1H3. The quantitative estimate of drug-likeness (QED) is 0.525. The molecule has 0 saturated heterocycles. The summed E-state index contributed by atoms with van der Waals surface area (Å²) >= 11 is 6.17. The Morgan fingerprint density at radius 3 is 2.42 bits per heavy atom. The lowest BCUT2D eigenvalue weighted by Crippen LogP contribution is -2.37. The van der Waals surface area contributed by atoms with Crippen LogP contribution in [0.25, 0.3) is 5.57 Å². The van der Waals surface area contributed by atoms with E-state index in [0.717, 1.165) is 29.7 Å². The van der Waals surface area contributed by atoms with Gasteiger partial charge in [-0.1, -0.05) is 65.7 Å². The third-order valence-electron chi connectivity index (χ3n) is 5.85. The van der Waals surface area contributed by atoms with Gasteiger partial charge in [-0.05, 0) is 55.2 Å². The van der Waals surface area contributed by atoms with Crippen molar-refractivity contribution in [3.63, 3.8) is 0 Å². The maximum atomic E-state index is 13.7. The molecule has 0 aromatic heterocycles. The zero-order valence-corrected chi connectivity index (χ0v) is 17.9. The normalized spacial score (nSPS) is 16.2. The van der Waals surface area contributed by atoms with Crippen LogP contribution in [-0.2, 0) is 16.0 Å². The zero-order valence-electron chi connectivity index (χ0n) is 17.1. The maximum absolute atomic E-state index is 13.7. The molecule has 0 radical (unpaired) electrons. The van der Waals surface area contributed by atoms with Gasteiger partial charge in [-0.2, -0.15) is 0 Å². The van der Waals surface area contributed by atoms with Crippen molar-refractivity contribution in [3.8, 4) is 0 Å².